The van der Waals surface area contributed by atoms with Crippen molar-refractivity contribution in [1.29, 1.82) is 0 Å². The molecule has 2 atom stereocenters. The molecule has 4 N–H and O–H groups in total. The van der Waals surface area contributed by atoms with Gasteiger partial charge in [-0.2, -0.15) is 4.98 Å². The molecule has 9 rings (SSSR count). The molecule has 4 fully saturated rings. The molecule has 22 nitrogen and oxygen atoms in total. The number of likely N-dealkylation sites (tertiary alicyclic amines) is 2. The smallest absolute Gasteiger partial charge is 0.306 e. The van der Waals surface area contributed by atoms with Gasteiger partial charge in [0.1, 0.15) is 11.4 Å². The fraction of sp³-hybridized carbons (Fsp3) is 0.423. The topological polar surface area (TPSA) is 279 Å². The number of hydrogen-bond acceptors (Lipinski definition) is 16. The van der Waals surface area contributed by atoms with Gasteiger partial charge in [-0.05, 0) is 88.1 Å². The van der Waals surface area contributed by atoms with E-state index in [1.165, 1.54) is 14.2 Å². The highest BCUT2D eigenvalue weighted by Gasteiger charge is 2.40. The number of carbonyl (C=O) groups excluding carboxylic acids is 4. The minimum Gasteiger partial charge on any atom is -0.488 e. The summed E-state index contributed by atoms with van der Waals surface area (Å²) in [6.07, 6.45) is 2.90. The standard InChI is InChI=1S/C26H29N5O5.C17H20N2O4.C9H13N3O3/c1-3-35-21-10-9-20(27-25(21)34-2)23-28-24(36-29-23)17-11-13-30(14-12-17)26(33)18-15-22(32)31(16-18)19-7-5-4-6-8-19;20-15-10-13(11-19(15)14-4-2-1-3-5-14)16(21)18-8-6-12(7-9-18)17(22)23;1-3-15-7-5-4-6(8(10)12-13)11-9(7)14-2/h4-10,17-18H,3,11-16H2,1-2H3;1-5,12-13H,6-11H2,(H,22,23);4-5,13H,3H2,1-2H3,(H2,10,12). The number of para-hydroxylation sites is 2. The molecule has 0 radical (unpaired) electrons. The average molecular weight is 1020 g/mol. The number of amidine groups is 1. The van der Waals surface area contributed by atoms with Gasteiger partial charge in [-0.25, -0.2) is 9.97 Å². The highest BCUT2D eigenvalue weighted by atomic mass is 16.5. The number of carboxylic acids is 1. The Balaban J connectivity index is 0.000000180. The monoisotopic (exact) mass is 1020 g/mol. The van der Waals surface area contributed by atoms with E-state index in [-0.39, 0.29) is 66.0 Å². The van der Waals surface area contributed by atoms with Gasteiger partial charge in [0.25, 0.3) is 11.8 Å². The number of nitrogens with two attached hydrogens (primary N) is 1. The van der Waals surface area contributed by atoms with E-state index in [2.05, 4.69) is 25.3 Å². The molecular formula is C52H62N10O12. The van der Waals surface area contributed by atoms with E-state index in [1.807, 2.05) is 79.4 Å². The molecule has 5 aromatic rings. The van der Waals surface area contributed by atoms with Crippen LogP contribution in [-0.4, -0.2) is 142 Å². The number of anilines is 2. The third-order valence-electron chi connectivity index (χ3n) is 13.1. The predicted octanol–water partition coefficient (Wildman–Crippen LogP) is 5.24. The normalized spacial score (nSPS) is 18.2. The summed E-state index contributed by atoms with van der Waals surface area (Å²) in [5.74, 6) is 0.845. The first-order valence-electron chi connectivity index (χ1n) is 24.5. The van der Waals surface area contributed by atoms with Gasteiger partial charge < -0.3 is 59.1 Å². The van der Waals surface area contributed by atoms with Crippen molar-refractivity contribution in [2.75, 3.05) is 76.5 Å². The van der Waals surface area contributed by atoms with Gasteiger partial charge in [-0.1, -0.05) is 46.7 Å². The number of rotatable bonds is 14. The van der Waals surface area contributed by atoms with Gasteiger partial charge in [0, 0.05) is 69.4 Å². The Bertz CT molecular complexity index is 2740. The first-order chi connectivity index (χ1) is 35.8. The van der Waals surface area contributed by atoms with Crippen LogP contribution >= 0.6 is 0 Å². The molecule has 0 spiro atoms. The molecule has 4 saturated heterocycles. The number of benzene rings is 2. The first-order valence-corrected chi connectivity index (χ1v) is 24.5. The molecule has 7 heterocycles. The number of carboxylic acid groups (broad SMARTS) is 1. The molecule has 0 aliphatic carbocycles. The van der Waals surface area contributed by atoms with E-state index in [0.717, 1.165) is 24.2 Å². The third kappa shape index (κ3) is 13.0. The Morgan fingerprint density at radius 3 is 1.64 bits per heavy atom. The van der Waals surface area contributed by atoms with E-state index < -0.39 is 5.97 Å². The number of piperidine rings is 2. The van der Waals surface area contributed by atoms with E-state index in [1.54, 1.807) is 39.0 Å². The number of hydrogen-bond donors (Lipinski definition) is 3. The lowest BCUT2D eigenvalue weighted by Gasteiger charge is -2.32. The van der Waals surface area contributed by atoms with Crippen LogP contribution in [0.5, 0.6) is 23.3 Å². The maximum Gasteiger partial charge on any atom is 0.306 e. The first kappa shape index (κ1) is 53.5. The Kier molecular flexibility index (Phi) is 18.4. The predicted molar refractivity (Wildman–Crippen MR) is 269 cm³/mol. The minimum atomic E-state index is -0.789. The lowest BCUT2D eigenvalue weighted by molar-refractivity contribution is -0.146. The van der Waals surface area contributed by atoms with E-state index in [9.17, 15) is 24.0 Å². The molecule has 3 aromatic heterocycles. The summed E-state index contributed by atoms with van der Waals surface area (Å²) in [7, 11) is 3.01. The number of carbonyl (C=O) groups is 5. The summed E-state index contributed by atoms with van der Waals surface area (Å²) in [6, 6.07) is 25.6. The van der Waals surface area contributed by atoms with Crippen molar-refractivity contribution >= 4 is 46.8 Å². The summed E-state index contributed by atoms with van der Waals surface area (Å²) in [4.78, 5) is 81.4. The molecule has 4 amide bonds. The Labute approximate surface area is 428 Å². The van der Waals surface area contributed by atoms with E-state index >= 15 is 0 Å². The number of aromatic nitrogens is 4. The number of pyridine rings is 2. The largest absolute Gasteiger partial charge is 0.488 e. The van der Waals surface area contributed by atoms with Gasteiger partial charge in [0.15, 0.2) is 17.3 Å². The number of oxime groups is 1. The Hall–Kier alpha value is -8.30. The molecule has 22 heteroatoms. The molecule has 2 aromatic carbocycles. The Morgan fingerprint density at radius 2 is 1.16 bits per heavy atom. The zero-order valence-electron chi connectivity index (χ0n) is 41.9. The van der Waals surface area contributed by atoms with Crippen molar-refractivity contribution < 1.29 is 57.8 Å². The van der Waals surface area contributed by atoms with Crippen LogP contribution in [0.2, 0.25) is 0 Å². The van der Waals surface area contributed by atoms with E-state index in [4.69, 9.17) is 39.5 Å². The maximum atomic E-state index is 13.2. The number of ether oxygens (including phenoxy) is 4. The van der Waals surface area contributed by atoms with Gasteiger partial charge in [0.05, 0.1) is 45.2 Å². The molecule has 392 valence electrons. The van der Waals surface area contributed by atoms with Crippen LogP contribution in [0.15, 0.2) is 94.6 Å². The van der Waals surface area contributed by atoms with Crippen molar-refractivity contribution in [2.45, 2.75) is 58.3 Å². The van der Waals surface area contributed by atoms with Crippen LogP contribution < -0.4 is 34.5 Å². The fourth-order valence-corrected chi connectivity index (χ4v) is 9.17. The van der Waals surface area contributed by atoms with Gasteiger partial charge in [-0.15, -0.1) is 0 Å². The van der Waals surface area contributed by atoms with Crippen LogP contribution in [0.1, 0.15) is 69.9 Å². The van der Waals surface area contributed by atoms with Crippen molar-refractivity contribution in [2.24, 2.45) is 28.6 Å². The zero-order valence-corrected chi connectivity index (χ0v) is 41.9. The van der Waals surface area contributed by atoms with Crippen LogP contribution in [0.4, 0.5) is 11.4 Å². The Morgan fingerprint density at radius 1 is 0.676 bits per heavy atom. The maximum absolute atomic E-state index is 13.2. The summed E-state index contributed by atoms with van der Waals surface area (Å²) in [5.41, 5.74) is 7.90. The number of methoxy groups -OCH3 is 2. The zero-order chi connectivity index (χ0) is 52.7. The SMILES string of the molecule is CCOc1ccc(-c2noc(C3CCN(C(=O)C4CC(=O)N(c5ccccc5)C4)CC3)n2)nc1OC.CCOc1ccc(/C(N)=N/O)nc1OC.O=C(O)C1CCN(C(=O)C2CC(=O)N(c3ccccc3)C2)CC1. The number of nitrogens with zero attached hydrogens (tertiary/aromatic N) is 9. The lowest BCUT2D eigenvalue weighted by atomic mass is 9.95. The molecular weight excluding hydrogens is 957 g/mol. The molecule has 2 unspecified atom stereocenters. The van der Waals surface area contributed by atoms with Crippen LogP contribution in [-0.2, 0) is 24.0 Å². The third-order valence-corrected chi connectivity index (χ3v) is 13.1. The highest BCUT2D eigenvalue weighted by Crippen LogP contribution is 2.34. The average Bonchev–Trinajstić information content (AvgIpc) is 4.20. The van der Waals surface area contributed by atoms with Crippen molar-refractivity contribution in [3.8, 4) is 34.8 Å². The van der Waals surface area contributed by atoms with Crippen molar-refractivity contribution in [3.63, 3.8) is 0 Å². The molecule has 0 bridgehead atoms. The fourth-order valence-electron chi connectivity index (χ4n) is 9.17. The number of amides is 4. The summed E-state index contributed by atoms with van der Waals surface area (Å²) in [6.45, 7) is 7.71. The van der Waals surface area contributed by atoms with Crippen LogP contribution in [0.25, 0.3) is 11.5 Å². The highest BCUT2D eigenvalue weighted by molar-refractivity contribution is 6.01. The van der Waals surface area contributed by atoms with Crippen LogP contribution in [0.3, 0.4) is 0 Å². The lowest BCUT2D eigenvalue weighted by Crippen LogP contribution is -2.43. The van der Waals surface area contributed by atoms with E-state index in [0.29, 0.717) is 112 Å². The minimum absolute atomic E-state index is 0.00708. The summed E-state index contributed by atoms with van der Waals surface area (Å²) < 4.78 is 26.7. The molecule has 4 aliphatic heterocycles. The van der Waals surface area contributed by atoms with Gasteiger partial charge in [0.2, 0.25) is 35.3 Å². The van der Waals surface area contributed by atoms with Crippen molar-refractivity contribution in [3.05, 3.63) is 96.5 Å². The summed E-state index contributed by atoms with van der Waals surface area (Å²) in [5, 5.41) is 24.4. The molecule has 4 aliphatic rings. The molecule has 74 heavy (non-hydrogen) atoms. The van der Waals surface area contributed by atoms with Gasteiger partial charge in [-0.3, -0.25) is 24.0 Å². The van der Waals surface area contributed by atoms with Crippen LogP contribution in [0, 0.1) is 17.8 Å². The number of aliphatic carboxylic acids is 1. The second kappa shape index (κ2) is 25.4. The van der Waals surface area contributed by atoms with Crippen molar-refractivity contribution in [1.82, 2.24) is 29.9 Å². The van der Waals surface area contributed by atoms with Gasteiger partial charge >= 0.3 is 5.97 Å². The summed E-state index contributed by atoms with van der Waals surface area (Å²) >= 11 is 0. The second-order valence-corrected chi connectivity index (χ2v) is 17.7. The second-order valence-electron chi connectivity index (χ2n) is 17.7. The molecule has 0 saturated carbocycles. The quantitative estimate of drug-likeness (QED) is 0.0555.